The van der Waals surface area contributed by atoms with Crippen molar-refractivity contribution in [2.75, 3.05) is 13.2 Å². The second-order valence-electron chi connectivity index (χ2n) is 7.71. The summed E-state index contributed by atoms with van der Waals surface area (Å²) in [6.45, 7) is 1.66. The maximum absolute atomic E-state index is 13.5. The molecule has 1 aliphatic heterocycles. The van der Waals surface area contributed by atoms with Crippen LogP contribution in [-0.2, 0) is 26.6 Å². The van der Waals surface area contributed by atoms with Gasteiger partial charge in [0.1, 0.15) is 18.1 Å². The summed E-state index contributed by atoms with van der Waals surface area (Å²) in [5, 5.41) is 0. The van der Waals surface area contributed by atoms with E-state index < -0.39 is 47.7 Å². The van der Waals surface area contributed by atoms with Crippen LogP contribution >= 0.6 is 0 Å². The SMILES string of the molecule is C[C@@H](OC1OCCN(C#CCC=O)[C@H]1c1ccc(F)cc1)c1cc(C(F)(F)F)cc(C(F)(F)F)c1. The van der Waals surface area contributed by atoms with Gasteiger partial charge >= 0.3 is 12.4 Å². The molecule has 0 bridgehead atoms. The molecular formula is C24H20F7NO3. The number of alkyl halides is 6. The summed E-state index contributed by atoms with van der Waals surface area (Å²) in [7, 11) is 0. The Labute approximate surface area is 196 Å². The number of benzene rings is 2. The molecule has 188 valence electrons. The van der Waals surface area contributed by atoms with E-state index in [1.165, 1.54) is 31.2 Å². The van der Waals surface area contributed by atoms with Crippen molar-refractivity contribution in [3.8, 4) is 12.0 Å². The fourth-order valence-corrected chi connectivity index (χ4v) is 3.56. The number of carbonyl (C=O) groups excluding carboxylic acids is 1. The smallest absolute Gasteiger partial charge is 0.348 e. The Kier molecular flexibility index (Phi) is 8.07. The van der Waals surface area contributed by atoms with E-state index in [0.717, 1.165) is 0 Å². The van der Waals surface area contributed by atoms with Crippen LogP contribution in [0.4, 0.5) is 30.7 Å². The lowest BCUT2D eigenvalue weighted by Crippen LogP contribution is -2.44. The van der Waals surface area contributed by atoms with Gasteiger partial charge in [0, 0.05) is 6.04 Å². The fraction of sp³-hybridized carbons (Fsp3) is 0.375. The Morgan fingerprint density at radius 3 is 2.23 bits per heavy atom. The van der Waals surface area contributed by atoms with Gasteiger partial charge < -0.3 is 19.2 Å². The average molecular weight is 503 g/mol. The largest absolute Gasteiger partial charge is 0.416 e. The highest BCUT2D eigenvalue weighted by Gasteiger charge is 2.39. The predicted octanol–water partition coefficient (Wildman–Crippen LogP) is 5.89. The molecule has 2 aromatic rings. The minimum absolute atomic E-state index is 0.0407. The molecular weight excluding hydrogens is 483 g/mol. The van der Waals surface area contributed by atoms with Crippen LogP contribution in [0.25, 0.3) is 0 Å². The van der Waals surface area contributed by atoms with Crippen molar-refractivity contribution in [2.24, 2.45) is 0 Å². The number of morpholine rings is 1. The van der Waals surface area contributed by atoms with Gasteiger partial charge in [0.05, 0.1) is 36.8 Å². The number of rotatable bonds is 5. The maximum atomic E-state index is 13.5. The van der Waals surface area contributed by atoms with Crippen LogP contribution in [0.2, 0.25) is 0 Å². The molecule has 3 rings (SSSR count). The average Bonchev–Trinajstić information content (AvgIpc) is 2.79. The summed E-state index contributed by atoms with van der Waals surface area (Å²) in [5.41, 5.74) is -2.78. The van der Waals surface area contributed by atoms with Gasteiger partial charge in [0.25, 0.3) is 0 Å². The second-order valence-corrected chi connectivity index (χ2v) is 7.71. The van der Waals surface area contributed by atoms with E-state index in [1.807, 2.05) is 0 Å². The van der Waals surface area contributed by atoms with Crippen LogP contribution in [0.3, 0.4) is 0 Å². The summed E-state index contributed by atoms with van der Waals surface area (Å²) < 4.78 is 105. The molecule has 0 radical (unpaired) electrons. The normalized spacial score (nSPS) is 19.6. The molecule has 0 spiro atoms. The molecule has 0 amide bonds. The van der Waals surface area contributed by atoms with Crippen molar-refractivity contribution in [3.63, 3.8) is 0 Å². The quantitative estimate of drug-likeness (QED) is 0.290. The lowest BCUT2D eigenvalue weighted by Gasteiger charge is -2.40. The van der Waals surface area contributed by atoms with E-state index in [1.54, 1.807) is 4.90 Å². The molecule has 35 heavy (non-hydrogen) atoms. The van der Waals surface area contributed by atoms with Crippen molar-refractivity contribution in [1.29, 1.82) is 0 Å². The highest BCUT2D eigenvalue weighted by molar-refractivity contribution is 5.53. The molecule has 0 N–H and O–H groups in total. The number of ether oxygens (including phenoxy) is 2. The highest BCUT2D eigenvalue weighted by atomic mass is 19.4. The first kappa shape index (κ1) is 26.5. The van der Waals surface area contributed by atoms with Crippen molar-refractivity contribution >= 4 is 6.29 Å². The van der Waals surface area contributed by atoms with E-state index in [9.17, 15) is 35.5 Å². The third kappa shape index (κ3) is 6.74. The lowest BCUT2D eigenvalue weighted by molar-refractivity contribution is -0.221. The van der Waals surface area contributed by atoms with Gasteiger partial charge in [-0.2, -0.15) is 26.3 Å². The molecule has 0 aliphatic carbocycles. The van der Waals surface area contributed by atoms with Crippen LogP contribution in [0.5, 0.6) is 0 Å². The van der Waals surface area contributed by atoms with Crippen molar-refractivity contribution in [3.05, 3.63) is 70.5 Å². The number of aldehydes is 1. The van der Waals surface area contributed by atoms with Gasteiger partial charge in [-0.05, 0) is 48.4 Å². The van der Waals surface area contributed by atoms with Gasteiger partial charge in [-0.15, -0.1) is 0 Å². The number of halogens is 7. The highest BCUT2D eigenvalue weighted by Crippen LogP contribution is 2.39. The van der Waals surface area contributed by atoms with E-state index in [2.05, 4.69) is 12.0 Å². The number of carbonyl (C=O) groups is 1. The van der Waals surface area contributed by atoms with Crippen molar-refractivity contribution < 1.29 is 45.0 Å². The third-order valence-electron chi connectivity index (χ3n) is 5.25. The Morgan fingerprint density at radius 2 is 1.69 bits per heavy atom. The van der Waals surface area contributed by atoms with Gasteiger partial charge in [0.2, 0.25) is 0 Å². The minimum atomic E-state index is -5.00. The summed E-state index contributed by atoms with van der Waals surface area (Å²) >= 11 is 0. The van der Waals surface area contributed by atoms with Gasteiger partial charge in [0.15, 0.2) is 6.29 Å². The first-order valence-electron chi connectivity index (χ1n) is 10.4. The van der Waals surface area contributed by atoms with E-state index >= 15 is 0 Å². The van der Waals surface area contributed by atoms with E-state index in [0.29, 0.717) is 24.0 Å². The molecule has 11 heteroatoms. The van der Waals surface area contributed by atoms with Crippen LogP contribution in [-0.4, -0.2) is 30.6 Å². The van der Waals surface area contributed by atoms with Gasteiger partial charge in [-0.25, -0.2) is 4.39 Å². The van der Waals surface area contributed by atoms with Crippen molar-refractivity contribution in [2.45, 2.75) is 44.1 Å². The van der Waals surface area contributed by atoms with E-state index in [-0.39, 0.29) is 31.2 Å². The third-order valence-corrected chi connectivity index (χ3v) is 5.25. The van der Waals surface area contributed by atoms with Gasteiger partial charge in [-0.1, -0.05) is 18.1 Å². The molecule has 1 saturated heterocycles. The zero-order chi connectivity index (χ0) is 25.8. The zero-order valence-corrected chi connectivity index (χ0v) is 18.3. The molecule has 2 aromatic carbocycles. The Hall–Kier alpha value is -3.10. The first-order chi connectivity index (χ1) is 16.4. The van der Waals surface area contributed by atoms with Crippen LogP contribution in [0.1, 0.15) is 47.7 Å². The lowest BCUT2D eigenvalue weighted by atomic mass is 10.0. The van der Waals surface area contributed by atoms with Gasteiger partial charge in [-0.3, -0.25) is 0 Å². The molecule has 1 aliphatic rings. The molecule has 0 aromatic heterocycles. The molecule has 1 heterocycles. The van der Waals surface area contributed by atoms with Crippen LogP contribution in [0.15, 0.2) is 42.5 Å². The molecule has 0 saturated carbocycles. The van der Waals surface area contributed by atoms with Crippen LogP contribution in [0, 0.1) is 17.8 Å². The monoisotopic (exact) mass is 503 g/mol. The summed E-state index contributed by atoms with van der Waals surface area (Å²) in [4.78, 5) is 12.2. The predicted molar refractivity (Wildman–Crippen MR) is 110 cm³/mol. The Bertz CT molecular complexity index is 1060. The molecule has 1 fully saturated rings. The van der Waals surface area contributed by atoms with E-state index in [4.69, 9.17) is 9.47 Å². The maximum Gasteiger partial charge on any atom is 0.416 e. The standard InChI is InChI=1S/C24H20F7NO3/c1-15(17-12-18(23(26,27)28)14-19(13-17)24(29,30)31)35-22-21(16-4-6-20(25)7-5-16)32(9-11-34-22)8-2-3-10-33/h4-7,10,12-15,21-22H,3,9,11H2,1H3/t15-,21+,22?/m1/s1. The summed E-state index contributed by atoms with van der Waals surface area (Å²) in [6, 6.07) is 8.47. The Balaban J connectivity index is 1.96. The molecule has 3 atom stereocenters. The second kappa shape index (κ2) is 10.7. The minimum Gasteiger partial charge on any atom is -0.348 e. The molecule has 1 unspecified atom stereocenters. The number of hydrogen-bond donors (Lipinski definition) is 0. The number of hydrogen-bond acceptors (Lipinski definition) is 4. The fourth-order valence-electron chi connectivity index (χ4n) is 3.56. The zero-order valence-electron chi connectivity index (χ0n) is 18.3. The Morgan fingerprint density at radius 1 is 1.09 bits per heavy atom. The van der Waals surface area contributed by atoms with Crippen molar-refractivity contribution in [1.82, 2.24) is 4.90 Å². The first-order valence-corrected chi connectivity index (χ1v) is 10.4. The molecule has 4 nitrogen and oxygen atoms in total. The van der Waals surface area contributed by atoms with Crippen LogP contribution < -0.4 is 0 Å². The summed E-state index contributed by atoms with van der Waals surface area (Å²) in [6.07, 6.45) is -11.9. The topological polar surface area (TPSA) is 38.8 Å². The summed E-state index contributed by atoms with van der Waals surface area (Å²) in [5.74, 6) is 2.13. The number of nitrogens with zero attached hydrogens (tertiary/aromatic N) is 1.